The molecule has 0 aromatic carbocycles. The van der Waals surface area contributed by atoms with Crippen molar-refractivity contribution in [2.24, 2.45) is 11.7 Å². The number of amides is 1. The van der Waals surface area contributed by atoms with Crippen LogP contribution in [0, 0.1) is 5.92 Å². The molecule has 3 N–H and O–H groups in total. The monoisotopic (exact) mass is 299 g/mol. The molecule has 0 bridgehead atoms. The summed E-state index contributed by atoms with van der Waals surface area (Å²) in [5.74, 6) is 0.267. The van der Waals surface area contributed by atoms with Gasteiger partial charge in [-0.3, -0.25) is 9.69 Å². The van der Waals surface area contributed by atoms with Crippen molar-refractivity contribution in [1.29, 1.82) is 0 Å². The Morgan fingerprint density at radius 2 is 1.95 bits per heavy atom. The number of carbonyl (C=O) groups excluding carboxylic acids is 1. The van der Waals surface area contributed by atoms with Crippen LogP contribution in [0.3, 0.4) is 0 Å². The smallest absolute Gasteiger partial charge is 0.237 e. The van der Waals surface area contributed by atoms with Crippen LogP contribution < -0.4 is 11.1 Å². The Hall–Kier alpha value is -0.680. The van der Waals surface area contributed by atoms with E-state index in [0.29, 0.717) is 11.0 Å². The molecule has 2 unspecified atom stereocenters. The molecule has 0 heterocycles. The average Bonchev–Trinajstić information content (AvgIpc) is 2.44. The Labute approximate surface area is 128 Å². The first kappa shape index (κ1) is 17.4. The molecule has 1 fully saturated rings. The molecule has 4 nitrogen and oxygen atoms in total. The second-order valence-corrected chi connectivity index (χ2v) is 6.38. The maximum Gasteiger partial charge on any atom is 0.237 e. The van der Waals surface area contributed by atoms with E-state index in [4.69, 9.17) is 18.0 Å². The fourth-order valence-electron chi connectivity index (χ4n) is 2.74. The van der Waals surface area contributed by atoms with Crippen molar-refractivity contribution in [2.45, 2.75) is 65.0 Å². The van der Waals surface area contributed by atoms with Gasteiger partial charge >= 0.3 is 0 Å². The summed E-state index contributed by atoms with van der Waals surface area (Å²) in [6.45, 7) is 7.61. The van der Waals surface area contributed by atoms with Gasteiger partial charge in [0.15, 0.2) is 0 Å². The quantitative estimate of drug-likeness (QED) is 0.707. The number of nitrogens with zero attached hydrogens (tertiary/aromatic N) is 1. The van der Waals surface area contributed by atoms with Crippen molar-refractivity contribution in [3.8, 4) is 0 Å². The van der Waals surface area contributed by atoms with Crippen molar-refractivity contribution in [2.75, 3.05) is 13.1 Å². The summed E-state index contributed by atoms with van der Waals surface area (Å²) in [6, 6.07) is 0.240. The second-order valence-electron chi connectivity index (χ2n) is 5.91. The first-order chi connectivity index (χ1) is 9.45. The van der Waals surface area contributed by atoms with Crippen molar-refractivity contribution in [3.63, 3.8) is 0 Å². The number of nitrogens with one attached hydrogen (secondary N) is 1. The predicted octanol–water partition coefficient (Wildman–Crippen LogP) is 2.07. The summed E-state index contributed by atoms with van der Waals surface area (Å²) >= 11 is 5.02. The summed E-state index contributed by atoms with van der Waals surface area (Å²) < 4.78 is 0. The number of hydrogen-bond acceptors (Lipinski definition) is 3. The van der Waals surface area contributed by atoms with E-state index in [9.17, 15) is 4.79 Å². The molecule has 1 aliphatic carbocycles. The highest BCUT2D eigenvalue weighted by atomic mass is 32.1. The van der Waals surface area contributed by atoms with Gasteiger partial charge in [0.2, 0.25) is 5.91 Å². The summed E-state index contributed by atoms with van der Waals surface area (Å²) in [4.78, 5) is 15.0. The first-order valence-corrected chi connectivity index (χ1v) is 8.20. The zero-order chi connectivity index (χ0) is 15.1. The lowest BCUT2D eigenvalue weighted by Crippen LogP contribution is -2.50. The molecule has 1 amide bonds. The molecule has 0 aromatic rings. The highest BCUT2D eigenvalue weighted by molar-refractivity contribution is 7.80. The first-order valence-electron chi connectivity index (χ1n) is 7.79. The van der Waals surface area contributed by atoms with Crippen molar-refractivity contribution in [1.82, 2.24) is 10.2 Å². The molecule has 0 radical (unpaired) electrons. The largest absolute Gasteiger partial charge is 0.393 e. The number of rotatable bonds is 7. The Kier molecular flexibility index (Phi) is 7.45. The summed E-state index contributed by atoms with van der Waals surface area (Å²) in [7, 11) is 0. The zero-order valence-electron chi connectivity index (χ0n) is 13.0. The molecule has 0 aromatic heterocycles. The predicted molar refractivity (Wildman–Crippen MR) is 87.7 cm³/mol. The Morgan fingerprint density at radius 1 is 1.35 bits per heavy atom. The zero-order valence-corrected chi connectivity index (χ0v) is 13.8. The molecule has 20 heavy (non-hydrogen) atoms. The average molecular weight is 299 g/mol. The van der Waals surface area contributed by atoms with Gasteiger partial charge < -0.3 is 11.1 Å². The number of carbonyl (C=O) groups is 1. The normalized spacial score (nSPS) is 19.6. The van der Waals surface area contributed by atoms with Gasteiger partial charge in [-0.2, -0.15) is 0 Å². The molecule has 1 rings (SSSR count). The highest BCUT2D eigenvalue weighted by Gasteiger charge is 2.24. The number of hydrogen-bond donors (Lipinski definition) is 2. The topological polar surface area (TPSA) is 58.4 Å². The van der Waals surface area contributed by atoms with Gasteiger partial charge in [-0.25, -0.2) is 0 Å². The van der Waals surface area contributed by atoms with E-state index in [1.54, 1.807) is 0 Å². The molecule has 0 saturated heterocycles. The summed E-state index contributed by atoms with van der Waals surface area (Å²) in [6.07, 6.45) is 6.00. The van der Waals surface area contributed by atoms with Gasteiger partial charge in [0, 0.05) is 18.5 Å². The molecule has 116 valence electrons. The third kappa shape index (κ3) is 5.37. The van der Waals surface area contributed by atoms with Crippen LogP contribution in [0.1, 0.15) is 52.9 Å². The molecule has 0 spiro atoms. The molecule has 5 heteroatoms. The molecular formula is C15H29N3OS. The van der Waals surface area contributed by atoms with Crippen LogP contribution in [0.4, 0.5) is 0 Å². The van der Waals surface area contributed by atoms with E-state index < -0.39 is 0 Å². The lowest BCUT2D eigenvalue weighted by Gasteiger charge is -2.31. The van der Waals surface area contributed by atoms with E-state index in [1.165, 1.54) is 19.3 Å². The van der Waals surface area contributed by atoms with Gasteiger partial charge in [-0.05, 0) is 26.3 Å². The van der Waals surface area contributed by atoms with Crippen LogP contribution >= 0.6 is 12.2 Å². The molecule has 0 aliphatic heterocycles. The van der Waals surface area contributed by atoms with E-state index >= 15 is 0 Å². The fourth-order valence-corrected chi connectivity index (χ4v) is 2.81. The lowest BCUT2D eigenvalue weighted by atomic mass is 9.95. The summed E-state index contributed by atoms with van der Waals surface area (Å²) in [5.41, 5.74) is 5.67. The molecular weight excluding hydrogens is 270 g/mol. The minimum Gasteiger partial charge on any atom is -0.393 e. The van der Waals surface area contributed by atoms with Gasteiger partial charge in [0.1, 0.15) is 0 Å². The molecule has 1 aliphatic rings. The summed E-state index contributed by atoms with van der Waals surface area (Å²) in [5, 5.41) is 3.19. The van der Waals surface area contributed by atoms with Crippen molar-refractivity contribution < 1.29 is 4.79 Å². The SMILES string of the molecule is CCN(CC(C)C(N)=S)C(C)C(=O)NC1CCCCC1. The van der Waals surface area contributed by atoms with Crippen LogP contribution in [0.5, 0.6) is 0 Å². The third-order valence-electron chi connectivity index (χ3n) is 4.28. The van der Waals surface area contributed by atoms with Gasteiger partial charge in [-0.1, -0.05) is 45.3 Å². The Morgan fingerprint density at radius 3 is 2.45 bits per heavy atom. The number of likely N-dealkylation sites (N-methyl/N-ethyl adjacent to an activating group) is 1. The van der Waals surface area contributed by atoms with Crippen LogP contribution in [0.25, 0.3) is 0 Å². The standard InChI is InChI=1S/C15H29N3OS/c1-4-18(10-11(2)14(16)20)12(3)15(19)17-13-8-6-5-7-9-13/h11-13H,4-10H2,1-3H3,(H2,16,20)(H,17,19). The lowest BCUT2D eigenvalue weighted by molar-refractivity contribution is -0.126. The van der Waals surface area contributed by atoms with Crippen LogP contribution in [-0.2, 0) is 4.79 Å². The molecule has 2 atom stereocenters. The minimum absolute atomic E-state index is 0.126. The van der Waals surface area contributed by atoms with Gasteiger partial charge in [-0.15, -0.1) is 0 Å². The number of nitrogens with two attached hydrogens (primary N) is 1. The maximum absolute atomic E-state index is 12.3. The van der Waals surface area contributed by atoms with Gasteiger partial charge in [0.25, 0.3) is 0 Å². The van der Waals surface area contributed by atoms with E-state index in [2.05, 4.69) is 17.1 Å². The fraction of sp³-hybridized carbons (Fsp3) is 0.867. The minimum atomic E-state index is -0.126. The molecule has 1 saturated carbocycles. The van der Waals surface area contributed by atoms with E-state index in [-0.39, 0.29) is 17.9 Å². The van der Waals surface area contributed by atoms with Crippen molar-refractivity contribution >= 4 is 23.1 Å². The highest BCUT2D eigenvalue weighted by Crippen LogP contribution is 2.17. The number of thiocarbonyl (C=S) groups is 1. The van der Waals surface area contributed by atoms with Crippen LogP contribution in [0.15, 0.2) is 0 Å². The maximum atomic E-state index is 12.3. The van der Waals surface area contributed by atoms with E-state index in [1.807, 2.05) is 13.8 Å². The van der Waals surface area contributed by atoms with Crippen LogP contribution in [0.2, 0.25) is 0 Å². The Bertz CT molecular complexity index is 329. The van der Waals surface area contributed by atoms with E-state index in [0.717, 1.165) is 25.9 Å². The Balaban J connectivity index is 2.49. The van der Waals surface area contributed by atoms with Gasteiger partial charge in [0.05, 0.1) is 11.0 Å². The third-order valence-corrected chi connectivity index (χ3v) is 4.68. The second kappa shape index (κ2) is 8.57. The van der Waals surface area contributed by atoms with Crippen molar-refractivity contribution in [3.05, 3.63) is 0 Å². The van der Waals surface area contributed by atoms with Crippen LogP contribution in [-0.4, -0.2) is 41.0 Å².